The van der Waals surface area contributed by atoms with Gasteiger partial charge in [0.05, 0.1) is 5.60 Å². The molecule has 31 heavy (non-hydrogen) atoms. The van der Waals surface area contributed by atoms with E-state index in [4.69, 9.17) is 14.2 Å². The molecule has 0 amide bonds. The minimum absolute atomic E-state index is 0.0224. The second-order valence-corrected chi connectivity index (χ2v) is 7.71. The van der Waals surface area contributed by atoms with Crippen LogP contribution in [0.1, 0.15) is 26.7 Å². The lowest BCUT2D eigenvalue weighted by molar-refractivity contribution is -0.278. The van der Waals surface area contributed by atoms with E-state index in [1.165, 1.54) is 30.3 Å². The first-order valence-electron chi connectivity index (χ1n) is 9.89. The van der Waals surface area contributed by atoms with Crippen molar-refractivity contribution in [1.29, 1.82) is 0 Å². The first-order valence-corrected chi connectivity index (χ1v) is 9.89. The highest BCUT2D eigenvalue weighted by Crippen LogP contribution is 2.26. The van der Waals surface area contributed by atoms with Gasteiger partial charge >= 0.3 is 5.97 Å². The van der Waals surface area contributed by atoms with Gasteiger partial charge in [0.2, 0.25) is 6.29 Å². The maximum atomic E-state index is 12.2. The number of ether oxygens (including phenoxy) is 3. The number of phenols is 1. The zero-order chi connectivity index (χ0) is 23.2. The van der Waals surface area contributed by atoms with E-state index in [0.29, 0.717) is 18.4 Å². The second kappa shape index (κ2) is 10.7. The fourth-order valence-electron chi connectivity index (χ4n) is 2.85. The van der Waals surface area contributed by atoms with Crippen LogP contribution in [0.3, 0.4) is 0 Å². The first-order chi connectivity index (χ1) is 14.5. The average Bonchev–Trinajstić information content (AvgIpc) is 2.74. The van der Waals surface area contributed by atoms with Crippen molar-refractivity contribution in [3.63, 3.8) is 0 Å². The van der Waals surface area contributed by atoms with Gasteiger partial charge in [0.1, 0.15) is 42.5 Å². The minimum Gasteiger partial charge on any atom is -0.508 e. The van der Waals surface area contributed by atoms with Crippen molar-refractivity contribution < 1.29 is 44.5 Å². The van der Waals surface area contributed by atoms with Gasteiger partial charge in [0.25, 0.3) is 0 Å². The predicted molar refractivity (Wildman–Crippen MR) is 110 cm³/mol. The molecule has 1 saturated heterocycles. The molecule has 1 aliphatic rings. The van der Waals surface area contributed by atoms with Crippen LogP contribution >= 0.6 is 0 Å². The van der Waals surface area contributed by atoms with Crippen LogP contribution in [0, 0.1) is 0 Å². The number of carbonyl (C=O) groups excluding carboxylic acids is 1. The maximum absolute atomic E-state index is 12.2. The number of aromatic hydroxyl groups is 1. The Hall–Kier alpha value is -2.43. The van der Waals surface area contributed by atoms with Crippen molar-refractivity contribution >= 4 is 5.97 Å². The smallest absolute Gasteiger partial charge is 0.333 e. The monoisotopic (exact) mass is 438 g/mol. The summed E-state index contributed by atoms with van der Waals surface area (Å²) >= 11 is 0. The average molecular weight is 438 g/mol. The Labute approximate surface area is 180 Å². The number of hydrogen-bond donors (Lipinski definition) is 5. The summed E-state index contributed by atoms with van der Waals surface area (Å²) in [5, 5.41) is 49.6. The Morgan fingerprint density at radius 2 is 1.84 bits per heavy atom. The van der Waals surface area contributed by atoms with Gasteiger partial charge in [-0.1, -0.05) is 12.2 Å². The topological polar surface area (TPSA) is 146 Å². The number of aliphatic hydroxyl groups excluding tert-OH is 3. The summed E-state index contributed by atoms with van der Waals surface area (Å²) in [5.41, 5.74) is -0.729. The maximum Gasteiger partial charge on any atom is 0.333 e. The lowest BCUT2D eigenvalue weighted by atomic mass is 9.99. The van der Waals surface area contributed by atoms with Crippen LogP contribution in [0.4, 0.5) is 0 Å². The summed E-state index contributed by atoms with van der Waals surface area (Å²) in [6, 6.07) is 5.63. The summed E-state index contributed by atoms with van der Waals surface area (Å²) < 4.78 is 16.1. The molecule has 1 aliphatic heterocycles. The zero-order valence-electron chi connectivity index (χ0n) is 17.5. The predicted octanol–water partition coefficient (Wildman–Crippen LogP) is 0.785. The summed E-state index contributed by atoms with van der Waals surface area (Å²) in [4.78, 5) is 12.2. The van der Waals surface area contributed by atoms with Crippen molar-refractivity contribution in [1.82, 2.24) is 0 Å². The van der Waals surface area contributed by atoms with Gasteiger partial charge in [0, 0.05) is 5.57 Å². The quantitative estimate of drug-likeness (QED) is 0.214. The van der Waals surface area contributed by atoms with Gasteiger partial charge in [-0.3, -0.25) is 0 Å². The second-order valence-electron chi connectivity index (χ2n) is 7.71. The van der Waals surface area contributed by atoms with Crippen LogP contribution < -0.4 is 4.74 Å². The Morgan fingerprint density at radius 1 is 1.19 bits per heavy atom. The molecule has 2 rings (SSSR count). The molecule has 0 unspecified atom stereocenters. The summed E-state index contributed by atoms with van der Waals surface area (Å²) in [5.74, 6) is -0.365. The fraction of sp³-hybridized carbons (Fsp3) is 0.500. The van der Waals surface area contributed by atoms with Crippen molar-refractivity contribution in [2.45, 2.75) is 63.0 Å². The summed E-state index contributed by atoms with van der Waals surface area (Å²) in [6.45, 7) is 6.33. The highest BCUT2D eigenvalue weighted by molar-refractivity contribution is 5.87. The normalized spacial score (nSPS) is 28.5. The zero-order valence-corrected chi connectivity index (χ0v) is 17.5. The van der Waals surface area contributed by atoms with Crippen molar-refractivity contribution in [2.24, 2.45) is 0 Å². The van der Waals surface area contributed by atoms with E-state index in [-0.39, 0.29) is 18.1 Å². The van der Waals surface area contributed by atoms with Gasteiger partial charge in [-0.05, 0) is 51.0 Å². The minimum atomic E-state index is -1.59. The molecule has 1 fully saturated rings. The molecule has 172 valence electrons. The lowest BCUT2D eigenvalue weighted by Crippen LogP contribution is -2.60. The van der Waals surface area contributed by atoms with Crippen LogP contribution in [0.25, 0.3) is 0 Å². The van der Waals surface area contributed by atoms with Crippen LogP contribution in [-0.4, -0.2) is 74.4 Å². The molecule has 9 heteroatoms. The Morgan fingerprint density at radius 3 is 2.45 bits per heavy atom. The number of allylic oxidation sites excluding steroid dienone is 1. The standard InChI is InChI=1S/C22H30O9/c1-4-22(3,28)11-5-6-13(2)20(27)29-12-16-17(24)18(25)19(26)21(31-16)30-15-9-7-14(23)8-10-15/h4,6-10,16-19,21,23-26,28H,1,5,11-12H2,2-3H3/t16-,17-,18+,19-,21-,22+/m1/s1. The Balaban J connectivity index is 1.93. The van der Waals surface area contributed by atoms with Gasteiger partial charge < -0.3 is 39.7 Å². The van der Waals surface area contributed by atoms with E-state index >= 15 is 0 Å². The fourth-order valence-corrected chi connectivity index (χ4v) is 2.85. The van der Waals surface area contributed by atoms with Gasteiger partial charge in [-0.2, -0.15) is 0 Å². The van der Waals surface area contributed by atoms with E-state index in [0.717, 1.165) is 0 Å². The third-order valence-corrected chi connectivity index (χ3v) is 5.00. The Kier molecular flexibility index (Phi) is 8.60. The molecule has 0 spiro atoms. The molecule has 0 aromatic heterocycles. The molecule has 6 atom stereocenters. The van der Waals surface area contributed by atoms with Crippen LogP contribution in [0.2, 0.25) is 0 Å². The highest BCUT2D eigenvalue weighted by Gasteiger charge is 2.45. The Bertz CT molecular complexity index is 772. The summed E-state index contributed by atoms with van der Waals surface area (Å²) in [6.07, 6.45) is -3.26. The number of rotatable bonds is 9. The molecular formula is C22H30O9. The van der Waals surface area contributed by atoms with Crippen LogP contribution in [0.5, 0.6) is 11.5 Å². The van der Waals surface area contributed by atoms with E-state index in [1.807, 2.05) is 0 Å². The molecule has 1 aromatic rings. The van der Waals surface area contributed by atoms with E-state index in [9.17, 15) is 30.3 Å². The first kappa shape index (κ1) is 24.8. The number of benzene rings is 1. The molecule has 0 saturated carbocycles. The van der Waals surface area contributed by atoms with Crippen LogP contribution in [0.15, 0.2) is 48.6 Å². The number of esters is 1. The molecule has 5 N–H and O–H groups in total. The number of phenolic OH excluding ortho intramolecular Hbond substituents is 1. The summed E-state index contributed by atoms with van der Waals surface area (Å²) in [7, 11) is 0. The van der Waals surface area contributed by atoms with Crippen molar-refractivity contribution in [2.75, 3.05) is 6.61 Å². The van der Waals surface area contributed by atoms with Crippen LogP contribution in [-0.2, 0) is 14.3 Å². The SMILES string of the molecule is C=C[C@](C)(O)CCC=C(C)C(=O)OC[C@H]1O[C@@H](Oc2ccc(O)cc2)[C@H](O)[C@@H](O)[C@@H]1O. The van der Waals surface area contributed by atoms with Crippen molar-refractivity contribution in [3.8, 4) is 11.5 Å². The molecule has 0 radical (unpaired) electrons. The highest BCUT2D eigenvalue weighted by atomic mass is 16.7. The molecular weight excluding hydrogens is 408 g/mol. The number of carbonyl (C=O) groups is 1. The third kappa shape index (κ3) is 7.05. The molecule has 0 bridgehead atoms. The molecule has 1 aromatic carbocycles. The van der Waals surface area contributed by atoms with Gasteiger partial charge in [-0.15, -0.1) is 6.58 Å². The third-order valence-electron chi connectivity index (χ3n) is 5.00. The van der Waals surface area contributed by atoms with Gasteiger partial charge in [0.15, 0.2) is 0 Å². The lowest BCUT2D eigenvalue weighted by Gasteiger charge is -2.39. The van der Waals surface area contributed by atoms with Crippen molar-refractivity contribution in [3.05, 3.63) is 48.6 Å². The number of aliphatic hydroxyl groups is 4. The largest absolute Gasteiger partial charge is 0.508 e. The molecule has 1 heterocycles. The molecule has 9 nitrogen and oxygen atoms in total. The van der Waals surface area contributed by atoms with E-state index in [1.54, 1.807) is 19.9 Å². The number of hydrogen-bond acceptors (Lipinski definition) is 9. The van der Waals surface area contributed by atoms with E-state index in [2.05, 4.69) is 6.58 Å². The van der Waals surface area contributed by atoms with Gasteiger partial charge in [-0.25, -0.2) is 4.79 Å². The van der Waals surface area contributed by atoms with E-state index < -0.39 is 42.3 Å². The molecule has 0 aliphatic carbocycles.